The Morgan fingerprint density at radius 1 is 1.57 bits per heavy atom. The zero-order valence-corrected chi connectivity index (χ0v) is 8.49. The molecule has 0 atom stereocenters. The van der Waals surface area contributed by atoms with Crippen LogP contribution in [0.2, 0.25) is 0 Å². The fraction of sp³-hybridized carbons (Fsp3) is 0.222. The van der Waals surface area contributed by atoms with Crippen LogP contribution in [-0.4, -0.2) is 20.8 Å². The molecule has 0 bridgehead atoms. The van der Waals surface area contributed by atoms with E-state index >= 15 is 0 Å². The lowest BCUT2D eigenvalue weighted by molar-refractivity contribution is 0.112. The predicted molar refractivity (Wildman–Crippen MR) is 54.4 cm³/mol. The summed E-state index contributed by atoms with van der Waals surface area (Å²) in [4.78, 5) is 19.6. The highest BCUT2D eigenvalue weighted by molar-refractivity contribution is 7.16. The fourth-order valence-corrected chi connectivity index (χ4v) is 1.98. The molecule has 0 saturated carbocycles. The number of imidazole rings is 1. The SMILES string of the molecule is CCn1ccnc1-c1cnc(C=O)s1. The van der Waals surface area contributed by atoms with E-state index in [1.807, 2.05) is 17.7 Å². The summed E-state index contributed by atoms with van der Waals surface area (Å²) < 4.78 is 2.02. The Bertz CT molecular complexity index is 446. The Morgan fingerprint density at radius 3 is 3.07 bits per heavy atom. The van der Waals surface area contributed by atoms with Gasteiger partial charge >= 0.3 is 0 Å². The van der Waals surface area contributed by atoms with Crippen LogP contribution in [-0.2, 0) is 6.54 Å². The molecule has 0 saturated heterocycles. The molecule has 72 valence electrons. The van der Waals surface area contributed by atoms with Crippen LogP contribution in [0.4, 0.5) is 0 Å². The molecule has 0 unspecified atom stereocenters. The van der Waals surface area contributed by atoms with Gasteiger partial charge in [-0.3, -0.25) is 4.79 Å². The summed E-state index contributed by atoms with van der Waals surface area (Å²) in [5.74, 6) is 0.873. The molecule has 0 spiro atoms. The topological polar surface area (TPSA) is 47.8 Å². The number of thiazole rings is 1. The van der Waals surface area contributed by atoms with Gasteiger partial charge in [-0.1, -0.05) is 0 Å². The van der Waals surface area contributed by atoms with Crippen LogP contribution in [0.25, 0.3) is 10.7 Å². The second-order valence-electron chi connectivity index (χ2n) is 2.72. The molecule has 4 nitrogen and oxygen atoms in total. The second-order valence-corrected chi connectivity index (χ2v) is 3.78. The van der Waals surface area contributed by atoms with Gasteiger partial charge in [0.25, 0.3) is 0 Å². The fourth-order valence-electron chi connectivity index (χ4n) is 1.23. The summed E-state index contributed by atoms with van der Waals surface area (Å²) in [6.07, 6.45) is 6.10. The molecule has 0 radical (unpaired) electrons. The summed E-state index contributed by atoms with van der Waals surface area (Å²) in [6.45, 7) is 2.91. The monoisotopic (exact) mass is 207 g/mol. The lowest BCUT2D eigenvalue weighted by Gasteiger charge is -1.99. The molecule has 5 heteroatoms. The van der Waals surface area contributed by atoms with Crippen LogP contribution in [0, 0.1) is 0 Å². The summed E-state index contributed by atoms with van der Waals surface area (Å²) in [5.41, 5.74) is 0. The van der Waals surface area contributed by atoms with Crippen molar-refractivity contribution in [1.29, 1.82) is 0 Å². The van der Waals surface area contributed by atoms with E-state index in [2.05, 4.69) is 9.97 Å². The van der Waals surface area contributed by atoms with E-state index in [1.165, 1.54) is 11.3 Å². The summed E-state index contributed by atoms with van der Waals surface area (Å²) >= 11 is 1.36. The highest BCUT2D eigenvalue weighted by Crippen LogP contribution is 2.23. The maximum absolute atomic E-state index is 10.5. The van der Waals surface area contributed by atoms with E-state index in [9.17, 15) is 4.79 Å². The van der Waals surface area contributed by atoms with Gasteiger partial charge in [0.15, 0.2) is 17.1 Å². The van der Waals surface area contributed by atoms with Gasteiger partial charge < -0.3 is 4.57 Å². The number of carbonyl (C=O) groups excluding carboxylic acids is 1. The zero-order valence-electron chi connectivity index (χ0n) is 7.67. The number of hydrogen-bond donors (Lipinski definition) is 0. The third-order valence-corrected chi connectivity index (χ3v) is 2.82. The van der Waals surface area contributed by atoms with Crippen molar-refractivity contribution in [1.82, 2.24) is 14.5 Å². The Hall–Kier alpha value is -1.49. The van der Waals surface area contributed by atoms with Crippen molar-refractivity contribution in [2.24, 2.45) is 0 Å². The Balaban J connectivity index is 2.43. The maximum Gasteiger partial charge on any atom is 0.178 e. The van der Waals surface area contributed by atoms with E-state index in [4.69, 9.17) is 0 Å². The first-order valence-corrected chi connectivity index (χ1v) is 5.09. The average Bonchev–Trinajstić information content (AvgIpc) is 2.85. The van der Waals surface area contributed by atoms with Crippen molar-refractivity contribution in [3.8, 4) is 10.7 Å². The molecule has 2 aromatic heterocycles. The van der Waals surface area contributed by atoms with Crippen LogP contribution in [0.5, 0.6) is 0 Å². The minimum Gasteiger partial charge on any atom is -0.331 e. The zero-order chi connectivity index (χ0) is 9.97. The van der Waals surface area contributed by atoms with Crippen LogP contribution in [0.15, 0.2) is 18.6 Å². The largest absolute Gasteiger partial charge is 0.331 e. The summed E-state index contributed by atoms with van der Waals surface area (Å²) in [6, 6.07) is 0. The first-order valence-electron chi connectivity index (χ1n) is 4.27. The standard InChI is InChI=1S/C9H9N3OS/c1-2-12-4-3-10-9(12)7-5-11-8(6-13)14-7/h3-6H,2H2,1H3. The van der Waals surface area contributed by atoms with Crippen LogP contribution in [0.3, 0.4) is 0 Å². The van der Waals surface area contributed by atoms with Crippen LogP contribution in [0.1, 0.15) is 16.7 Å². The van der Waals surface area contributed by atoms with E-state index in [-0.39, 0.29) is 0 Å². The quantitative estimate of drug-likeness (QED) is 0.721. The van der Waals surface area contributed by atoms with Gasteiger partial charge in [0.05, 0.1) is 4.88 Å². The van der Waals surface area contributed by atoms with Crippen molar-refractivity contribution >= 4 is 17.6 Å². The van der Waals surface area contributed by atoms with Crippen LogP contribution < -0.4 is 0 Å². The van der Waals surface area contributed by atoms with Gasteiger partial charge in [-0.25, -0.2) is 9.97 Å². The number of aryl methyl sites for hydroxylation is 1. The molecule has 2 rings (SSSR count). The minimum absolute atomic E-state index is 0.491. The molecule has 14 heavy (non-hydrogen) atoms. The predicted octanol–water partition coefficient (Wildman–Crippen LogP) is 1.84. The average molecular weight is 207 g/mol. The van der Waals surface area contributed by atoms with Crippen molar-refractivity contribution in [2.75, 3.05) is 0 Å². The molecule has 0 aliphatic carbocycles. The molecule has 0 aliphatic heterocycles. The highest BCUT2D eigenvalue weighted by atomic mass is 32.1. The van der Waals surface area contributed by atoms with Crippen molar-refractivity contribution < 1.29 is 4.79 Å². The van der Waals surface area contributed by atoms with E-state index in [0.29, 0.717) is 5.01 Å². The molecule has 2 heterocycles. The lowest BCUT2D eigenvalue weighted by Crippen LogP contribution is -1.94. The molecule has 0 amide bonds. The molecular formula is C9H9N3OS. The Kier molecular flexibility index (Phi) is 2.41. The molecule has 2 aromatic rings. The first kappa shape index (κ1) is 9.08. The van der Waals surface area contributed by atoms with Gasteiger partial charge in [0, 0.05) is 25.1 Å². The Morgan fingerprint density at radius 2 is 2.43 bits per heavy atom. The number of carbonyl (C=O) groups is 1. The first-order chi connectivity index (χ1) is 6.85. The normalized spacial score (nSPS) is 10.4. The minimum atomic E-state index is 0.491. The summed E-state index contributed by atoms with van der Waals surface area (Å²) in [5, 5.41) is 0.491. The molecule has 0 N–H and O–H groups in total. The molecule has 0 aliphatic rings. The second kappa shape index (κ2) is 3.71. The van der Waals surface area contributed by atoms with Crippen molar-refractivity contribution in [3.63, 3.8) is 0 Å². The number of rotatable bonds is 3. The smallest absolute Gasteiger partial charge is 0.178 e. The number of aromatic nitrogens is 3. The molecule has 0 fully saturated rings. The number of hydrogen-bond acceptors (Lipinski definition) is 4. The van der Waals surface area contributed by atoms with E-state index < -0.39 is 0 Å². The van der Waals surface area contributed by atoms with Crippen LogP contribution >= 0.6 is 11.3 Å². The van der Waals surface area contributed by atoms with Gasteiger partial charge in [0.1, 0.15) is 0 Å². The van der Waals surface area contributed by atoms with Crippen molar-refractivity contribution in [3.05, 3.63) is 23.6 Å². The van der Waals surface area contributed by atoms with Gasteiger partial charge in [-0.15, -0.1) is 11.3 Å². The van der Waals surface area contributed by atoms with Gasteiger partial charge in [-0.2, -0.15) is 0 Å². The van der Waals surface area contributed by atoms with Crippen molar-refractivity contribution in [2.45, 2.75) is 13.5 Å². The number of nitrogens with zero attached hydrogens (tertiary/aromatic N) is 3. The summed E-state index contributed by atoms with van der Waals surface area (Å²) in [7, 11) is 0. The highest BCUT2D eigenvalue weighted by Gasteiger charge is 2.08. The Labute approximate surface area is 85.2 Å². The molecule has 0 aromatic carbocycles. The lowest BCUT2D eigenvalue weighted by atomic mass is 10.5. The maximum atomic E-state index is 10.5. The van der Waals surface area contributed by atoms with Gasteiger partial charge in [0.2, 0.25) is 0 Å². The number of aldehydes is 1. The van der Waals surface area contributed by atoms with E-state index in [1.54, 1.807) is 12.4 Å². The third kappa shape index (κ3) is 1.46. The third-order valence-electron chi connectivity index (χ3n) is 1.90. The molecular weight excluding hydrogens is 198 g/mol. The van der Waals surface area contributed by atoms with Gasteiger partial charge in [-0.05, 0) is 6.92 Å². The van der Waals surface area contributed by atoms with E-state index in [0.717, 1.165) is 23.5 Å².